The Morgan fingerprint density at radius 2 is 2.21 bits per heavy atom. The standard InChI is InChI=1S/C16H25N3/c1-13-7-6-10-19(12-13)16(17-3)18-11-15-9-5-4-8-14(15)2/h4-5,8-9,13H,6-7,10-12H2,1-3H3,(H,17,18). The molecule has 1 fully saturated rings. The van der Waals surface area contributed by atoms with Crippen molar-refractivity contribution in [3.8, 4) is 0 Å². The first-order chi connectivity index (χ1) is 9.20. The minimum atomic E-state index is 0.769. The number of nitrogens with one attached hydrogen (secondary N) is 1. The molecule has 1 aliphatic heterocycles. The number of nitrogens with zero attached hydrogens (tertiary/aromatic N) is 2. The number of hydrogen-bond acceptors (Lipinski definition) is 1. The van der Waals surface area contributed by atoms with Crippen LogP contribution in [0.5, 0.6) is 0 Å². The van der Waals surface area contributed by atoms with Gasteiger partial charge in [-0.15, -0.1) is 0 Å². The molecule has 1 saturated heterocycles. The molecule has 1 heterocycles. The quantitative estimate of drug-likeness (QED) is 0.653. The van der Waals surface area contributed by atoms with Crippen LogP contribution in [0, 0.1) is 12.8 Å². The van der Waals surface area contributed by atoms with E-state index in [1.165, 1.54) is 24.0 Å². The van der Waals surface area contributed by atoms with Crippen LogP contribution in [0.4, 0.5) is 0 Å². The molecule has 1 unspecified atom stereocenters. The first kappa shape index (κ1) is 13.9. The molecule has 2 rings (SSSR count). The minimum Gasteiger partial charge on any atom is -0.352 e. The number of aryl methyl sites for hydroxylation is 1. The Labute approximate surface area is 116 Å². The highest BCUT2D eigenvalue weighted by atomic mass is 15.3. The Kier molecular flexibility index (Phi) is 4.83. The smallest absolute Gasteiger partial charge is 0.193 e. The SMILES string of the molecule is CN=C(NCc1ccccc1C)N1CCCC(C)C1. The monoisotopic (exact) mass is 259 g/mol. The van der Waals surface area contributed by atoms with E-state index in [1.54, 1.807) is 0 Å². The Morgan fingerprint density at radius 3 is 2.89 bits per heavy atom. The van der Waals surface area contributed by atoms with Gasteiger partial charge in [-0.1, -0.05) is 31.2 Å². The van der Waals surface area contributed by atoms with Crippen LogP contribution >= 0.6 is 0 Å². The fourth-order valence-electron chi connectivity index (χ4n) is 2.70. The van der Waals surface area contributed by atoms with Gasteiger partial charge in [0.25, 0.3) is 0 Å². The second-order valence-electron chi connectivity index (χ2n) is 5.52. The summed E-state index contributed by atoms with van der Waals surface area (Å²) >= 11 is 0. The molecule has 19 heavy (non-hydrogen) atoms. The van der Waals surface area contributed by atoms with Crippen molar-refractivity contribution in [2.75, 3.05) is 20.1 Å². The highest BCUT2D eigenvalue weighted by molar-refractivity contribution is 5.80. The average molecular weight is 259 g/mol. The highest BCUT2D eigenvalue weighted by Gasteiger charge is 2.18. The molecule has 0 spiro atoms. The zero-order chi connectivity index (χ0) is 13.7. The molecule has 0 bridgehead atoms. The average Bonchev–Trinajstić information content (AvgIpc) is 2.41. The third kappa shape index (κ3) is 3.72. The summed E-state index contributed by atoms with van der Waals surface area (Å²) < 4.78 is 0. The van der Waals surface area contributed by atoms with Crippen LogP contribution in [0.2, 0.25) is 0 Å². The molecule has 3 nitrogen and oxygen atoms in total. The Bertz CT molecular complexity index is 439. The molecule has 104 valence electrons. The van der Waals surface area contributed by atoms with E-state index < -0.39 is 0 Å². The van der Waals surface area contributed by atoms with Crippen molar-refractivity contribution in [1.29, 1.82) is 0 Å². The largest absolute Gasteiger partial charge is 0.352 e. The molecule has 1 aliphatic rings. The summed E-state index contributed by atoms with van der Waals surface area (Å²) in [6.07, 6.45) is 2.61. The summed E-state index contributed by atoms with van der Waals surface area (Å²) in [5, 5.41) is 3.49. The van der Waals surface area contributed by atoms with E-state index in [0.29, 0.717) is 0 Å². The zero-order valence-electron chi connectivity index (χ0n) is 12.3. The van der Waals surface area contributed by atoms with E-state index in [0.717, 1.165) is 31.5 Å². The summed E-state index contributed by atoms with van der Waals surface area (Å²) in [5.74, 6) is 1.81. The van der Waals surface area contributed by atoms with Crippen molar-refractivity contribution < 1.29 is 0 Å². The van der Waals surface area contributed by atoms with Gasteiger partial charge in [0.05, 0.1) is 0 Å². The molecule has 3 heteroatoms. The maximum Gasteiger partial charge on any atom is 0.193 e. The predicted octanol–water partition coefficient (Wildman–Crippen LogP) is 2.80. The van der Waals surface area contributed by atoms with Crippen LogP contribution in [0.25, 0.3) is 0 Å². The molecule has 1 aromatic carbocycles. The highest BCUT2D eigenvalue weighted by Crippen LogP contribution is 2.15. The Morgan fingerprint density at radius 1 is 1.42 bits per heavy atom. The lowest BCUT2D eigenvalue weighted by molar-refractivity contribution is 0.266. The van der Waals surface area contributed by atoms with Crippen LogP contribution < -0.4 is 5.32 Å². The van der Waals surface area contributed by atoms with Crippen LogP contribution in [0.3, 0.4) is 0 Å². The summed E-state index contributed by atoms with van der Waals surface area (Å²) in [6, 6.07) is 8.51. The normalized spacial score (nSPS) is 20.5. The van der Waals surface area contributed by atoms with E-state index in [1.807, 2.05) is 7.05 Å². The third-order valence-corrected chi connectivity index (χ3v) is 3.87. The van der Waals surface area contributed by atoms with E-state index in [4.69, 9.17) is 0 Å². The molecule has 0 amide bonds. The number of benzene rings is 1. The van der Waals surface area contributed by atoms with Crippen LogP contribution in [0.1, 0.15) is 30.9 Å². The number of aliphatic imine (C=N–C) groups is 1. The molecular weight excluding hydrogens is 234 g/mol. The second kappa shape index (κ2) is 6.60. The number of hydrogen-bond donors (Lipinski definition) is 1. The first-order valence-electron chi connectivity index (χ1n) is 7.21. The Balaban J connectivity index is 1.95. The van der Waals surface area contributed by atoms with Gasteiger partial charge in [-0.25, -0.2) is 0 Å². The van der Waals surface area contributed by atoms with Crippen LogP contribution in [-0.4, -0.2) is 31.0 Å². The van der Waals surface area contributed by atoms with Gasteiger partial charge in [0, 0.05) is 26.7 Å². The van der Waals surface area contributed by atoms with E-state index >= 15 is 0 Å². The molecule has 0 aliphatic carbocycles. The van der Waals surface area contributed by atoms with Crippen molar-refractivity contribution in [3.05, 3.63) is 35.4 Å². The fraction of sp³-hybridized carbons (Fsp3) is 0.562. The summed E-state index contributed by atoms with van der Waals surface area (Å²) in [6.45, 7) is 7.57. The molecule has 1 N–H and O–H groups in total. The van der Waals surface area contributed by atoms with Gasteiger partial charge in [-0.05, 0) is 36.8 Å². The second-order valence-corrected chi connectivity index (χ2v) is 5.52. The lowest BCUT2D eigenvalue weighted by Crippen LogP contribution is -2.45. The first-order valence-corrected chi connectivity index (χ1v) is 7.21. The lowest BCUT2D eigenvalue weighted by Gasteiger charge is -2.33. The van der Waals surface area contributed by atoms with Crippen molar-refractivity contribution in [2.24, 2.45) is 10.9 Å². The molecule has 0 aromatic heterocycles. The maximum absolute atomic E-state index is 4.42. The minimum absolute atomic E-state index is 0.769. The van der Waals surface area contributed by atoms with E-state index in [-0.39, 0.29) is 0 Å². The van der Waals surface area contributed by atoms with Gasteiger partial charge in [-0.2, -0.15) is 0 Å². The van der Waals surface area contributed by atoms with Crippen molar-refractivity contribution in [1.82, 2.24) is 10.2 Å². The zero-order valence-corrected chi connectivity index (χ0v) is 12.3. The molecule has 1 atom stereocenters. The van der Waals surface area contributed by atoms with Crippen molar-refractivity contribution in [3.63, 3.8) is 0 Å². The van der Waals surface area contributed by atoms with Gasteiger partial charge < -0.3 is 10.2 Å². The topological polar surface area (TPSA) is 27.6 Å². The van der Waals surface area contributed by atoms with Gasteiger partial charge in [0.15, 0.2) is 5.96 Å². The van der Waals surface area contributed by atoms with Gasteiger partial charge in [0.1, 0.15) is 0 Å². The van der Waals surface area contributed by atoms with Crippen LogP contribution in [0.15, 0.2) is 29.3 Å². The van der Waals surface area contributed by atoms with Gasteiger partial charge in [0.2, 0.25) is 0 Å². The maximum atomic E-state index is 4.42. The van der Waals surface area contributed by atoms with Crippen molar-refractivity contribution >= 4 is 5.96 Å². The number of likely N-dealkylation sites (tertiary alicyclic amines) is 1. The predicted molar refractivity (Wildman–Crippen MR) is 81.3 cm³/mol. The summed E-state index contributed by atoms with van der Waals surface area (Å²) in [5.41, 5.74) is 2.67. The Hall–Kier alpha value is -1.51. The van der Waals surface area contributed by atoms with Gasteiger partial charge in [-0.3, -0.25) is 4.99 Å². The van der Waals surface area contributed by atoms with Crippen molar-refractivity contribution in [2.45, 2.75) is 33.2 Å². The molecule has 0 radical (unpaired) electrons. The lowest BCUT2D eigenvalue weighted by atomic mass is 10.0. The fourth-order valence-corrected chi connectivity index (χ4v) is 2.70. The third-order valence-electron chi connectivity index (χ3n) is 3.87. The molecule has 1 aromatic rings. The van der Waals surface area contributed by atoms with E-state index in [2.05, 4.69) is 53.3 Å². The molecular formula is C16H25N3. The molecule has 0 saturated carbocycles. The summed E-state index contributed by atoms with van der Waals surface area (Å²) in [7, 11) is 1.87. The number of piperidine rings is 1. The van der Waals surface area contributed by atoms with E-state index in [9.17, 15) is 0 Å². The number of rotatable bonds is 2. The van der Waals surface area contributed by atoms with Gasteiger partial charge >= 0.3 is 0 Å². The number of guanidine groups is 1. The van der Waals surface area contributed by atoms with Crippen LogP contribution in [-0.2, 0) is 6.54 Å². The summed E-state index contributed by atoms with van der Waals surface area (Å²) in [4.78, 5) is 6.80.